The molecule has 0 aliphatic carbocycles. The molecule has 122 valence electrons. The molecule has 0 aromatic carbocycles. The Hall–Kier alpha value is 1.47. The van der Waals surface area contributed by atoms with E-state index in [9.17, 15) is 13.0 Å². The Bertz CT molecular complexity index is 296. The van der Waals surface area contributed by atoms with Gasteiger partial charge >= 0.3 is 51.4 Å². The quantitative estimate of drug-likeness (QED) is 0.185. The first-order chi connectivity index (χ1) is 9.56. The van der Waals surface area contributed by atoms with Crippen LogP contribution in [0.3, 0.4) is 0 Å². The van der Waals surface area contributed by atoms with Gasteiger partial charge in [-0.1, -0.05) is 51.9 Å². The van der Waals surface area contributed by atoms with Crippen LogP contribution in [0.5, 0.6) is 0 Å². The van der Waals surface area contributed by atoms with Gasteiger partial charge in [-0.05, 0) is 19.3 Å². The molecule has 0 amide bonds. The van der Waals surface area contributed by atoms with E-state index >= 15 is 0 Å². The van der Waals surface area contributed by atoms with E-state index in [1.54, 1.807) is 0 Å². The molecule has 0 atom stereocenters. The molecule has 5 nitrogen and oxygen atoms in total. The van der Waals surface area contributed by atoms with Gasteiger partial charge in [0.05, 0.1) is 6.61 Å². The maximum Gasteiger partial charge on any atom is 1.00 e. The molecule has 0 unspecified atom stereocenters. The van der Waals surface area contributed by atoms with Crippen molar-refractivity contribution in [2.75, 3.05) is 19.8 Å². The molecular formula is C14H29KO5S. The van der Waals surface area contributed by atoms with E-state index in [0.29, 0.717) is 19.4 Å². The average molecular weight is 349 g/mol. The zero-order valence-electron chi connectivity index (χ0n) is 13.6. The first kappa shape index (κ1) is 24.7. The molecular weight excluding hydrogens is 319 g/mol. The third-order valence-corrected chi connectivity index (χ3v) is 3.51. The molecule has 0 aromatic rings. The summed E-state index contributed by atoms with van der Waals surface area (Å²) < 4.78 is 39.9. The molecule has 0 bridgehead atoms. The SMILES string of the molecule is CCCCCCCCCCOCCCCOS(=O)(=O)[O-].[K+]. The Morgan fingerprint density at radius 2 is 1.19 bits per heavy atom. The van der Waals surface area contributed by atoms with Crippen LogP contribution in [-0.4, -0.2) is 32.8 Å². The Balaban J connectivity index is 0. The first-order valence-electron chi connectivity index (χ1n) is 7.74. The van der Waals surface area contributed by atoms with E-state index < -0.39 is 10.4 Å². The van der Waals surface area contributed by atoms with E-state index in [1.807, 2.05) is 0 Å². The van der Waals surface area contributed by atoms with Crippen LogP contribution in [0.1, 0.15) is 71.1 Å². The van der Waals surface area contributed by atoms with Crippen LogP contribution in [0.4, 0.5) is 0 Å². The van der Waals surface area contributed by atoms with E-state index in [0.717, 1.165) is 13.0 Å². The van der Waals surface area contributed by atoms with Crippen LogP contribution in [0, 0.1) is 0 Å². The molecule has 0 rings (SSSR count). The standard InChI is InChI=1S/C14H30O5S.K/c1-2-3-4-5-6-7-8-9-12-18-13-10-11-14-19-20(15,16)17;/h2-14H2,1H3,(H,15,16,17);/q;+1/p-1. The fourth-order valence-corrected chi connectivity index (χ4v) is 2.23. The van der Waals surface area contributed by atoms with Gasteiger partial charge < -0.3 is 9.29 Å². The molecule has 0 aliphatic rings. The predicted octanol–water partition coefficient (Wildman–Crippen LogP) is 0.405. The molecule has 0 N–H and O–H groups in total. The van der Waals surface area contributed by atoms with Crippen molar-refractivity contribution < 1.29 is 73.3 Å². The van der Waals surface area contributed by atoms with Crippen LogP contribution in [0.2, 0.25) is 0 Å². The summed E-state index contributed by atoms with van der Waals surface area (Å²) in [6, 6.07) is 0. The Morgan fingerprint density at radius 3 is 1.71 bits per heavy atom. The largest absolute Gasteiger partial charge is 1.00 e. The van der Waals surface area contributed by atoms with Crippen molar-refractivity contribution in [3.8, 4) is 0 Å². The fourth-order valence-electron chi connectivity index (χ4n) is 1.91. The summed E-state index contributed by atoms with van der Waals surface area (Å²) in [7, 11) is -4.53. The minimum atomic E-state index is -4.53. The van der Waals surface area contributed by atoms with Gasteiger partial charge in [0.2, 0.25) is 10.4 Å². The van der Waals surface area contributed by atoms with Crippen molar-refractivity contribution in [3.05, 3.63) is 0 Å². The van der Waals surface area contributed by atoms with Crippen molar-refractivity contribution in [2.24, 2.45) is 0 Å². The molecule has 0 saturated carbocycles. The maximum absolute atomic E-state index is 10.1. The van der Waals surface area contributed by atoms with Gasteiger partial charge in [-0.25, -0.2) is 8.42 Å². The topological polar surface area (TPSA) is 75.7 Å². The van der Waals surface area contributed by atoms with Crippen LogP contribution in [-0.2, 0) is 19.3 Å². The molecule has 0 aliphatic heterocycles. The summed E-state index contributed by atoms with van der Waals surface area (Å²) in [6.45, 7) is 3.53. The molecule has 0 saturated heterocycles. The summed E-state index contributed by atoms with van der Waals surface area (Å²) in [4.78, 5) is 0. The normalized spacial score (nSPS) is 11.3. The number of unbranched alkanes of at least 4 members (excludes halogenated alkanes) is 8. The van der Waals surface area contributed by atoms with E-state index in [2.05, 4.69) is 11.1 Å². The third kappa shape index (κ3) is 23.9. The van der Waals surface area contributed by atoms with Gasteiger partial charge in [-0.3, -0.25) is 4.18 Å². The second-order valence-corrected chi connectivity index (χ2v) is 6.08. The number of ether oxygens (including phenoxy) is 1. The Labute approximate surface area is 172 Å². The maximum atomic E-state index is 10.1. The monoisotopic (exact) mass is 348 g/mol. The minimum Gasteiger partial charge on any atom is -0.726 e. The smallest absolute Gasteiger partial charge is 0.726 e. The Morgan fingerprint density at radius 1 is 0.762 bits per heavy atom. The molecule has 0 aromatic heterocycles. The van der Waals surface area contributed by atoms with Gasteiger partial charge in [0.15, 0.2) is 0 Å². The van der Waals surface area contributed by atoms with Crippen LogP contribution in [0.15, 0.2) is 0 Å². The van der Waals surface area contributed by atoms with Gasteiger partial charge in [0, 0.05) is 13.2 Å². The number of hydrogen-bond acceptors (Lipinski definition) is 5. The summed E-state index contributed by atoms with van der Waals surface area (Å²) in [5, 5.41) is 0. The van der Waals surface area contributed by atoms with Crippen molar-refractivity contribution in [3.63, 3.8) is 0 Å². The van der Waals surface area contributed by atoms with E-state index in [1.165, 1.54) is 44.9 Å². The summed E-state index contributed by atoms with van der Waals surface area (Å²) in [5.74, 6) is 0. The van der Waals surface area contributed by atoms with Crippen LogP contribution < -0.4 is 51.4 Å². The van der Waals surface area contributed by atoms with E-state index in [4.69, 9.17) is 4.74 Å². The van der Waals surface area contributed by atoms with Crippen molar-refractivity contribution in [1.82, 2.24) is 0 Å². The van der Waals surface area contributed by atoms with Crippen molar-refractivity contribution in [2.45, 2.75) is 71.1 Å². The molecule has 21 heavy (non-hydrogen) atoms. The number of rotatable bonds is 15. The van der Waals surface area contributed by atoms with Crippen molar-refractivity contribution in [1.29, 1.82) is 0 Å². The first-order valence-corrected chi connectivity index (χ1v) is 9.07. The van der Waals surface area contributed by atoms with E-state index in [-0.39, 0.29) is 58.0 Å². The molecule has 0 spiro atoms. The third-order valence-electron chi connectivity index (χ3n) is 3.05. The zero-order valence-corrected chi connectivity index (χ0v) is 17.6. The summed E-state index contributed by atoms with van der Waals surface area (Å²) >= 11 is 0. The molecule has 0 fully saturated rings. The zero-order chi connectivity index (χ0) is 15.1. The van der Waals surface area contributed by atoms with Crippen molar-refractivity contribution >= 4 is 10.4 Å². The Kier molecular flexibility index (Phi) is 21.0. The minimum absolute atomic E-state index is 0. The summed E-state index contributed by atoms with van der Waals surface area (Å²) in [6.07, 6.45) is 11.5. The second-order valence-electron chi connectivity index (χ2n) is 5.02. The van der Waals surface area contributed by atoms with Gasteiger partial charge in [-0.2, -0.15) is 0 Å². The van der Waals surface area contributed by atoms with Gasteiger partial charge in [0.25, 0.3) is 0 Å². The number of hydrogen-bond donors (Lipinski definition) is 0. The van der Waals surface area contributed by atoms with Gasteiger partial charge in [-0.15, -0.1) is 0 Å². The summed E-state index contributed by atoms with van der Waals surface area (Å²) in [5.41, 5.74) is 0. The molecule has 7 heteroatoms. The second kappa shape index (κ2) is 17.8. The van der Waals surface area contributed by atoms with Gasteiger partial charge in [0.1, 0.15) is 0 Å². The molecule has 0 radical (unpaired) electrons. The fraction of sp³-hybridized carbons (Fsp3) is 1.00. The average Bonchev–Trinajstić information content (AvgIpc) is 2.38. The van der Waals surface area contributed by atoms with Crippen LogP contribution in [0.25, 0.3) is 0 Å². The molecule has 0 heterocycles. The predicted molar refractivity (Wildman–Crippen MR) is 78.3 cm³/mol. The van der Waals surface area contributed by atoms with Crippen LogP contribution >= 0.6 is 0 Å².